The summed E-state index contributed by atoms with van der Waals surface area (Å²) in [6, 6.07) is 9.96. The van der Waals surface area contributed by atoms with Crippen molar-refractivity contribution >= 4 is 5.91 Å². The number of carbonyl (C=O) groups excluding carboxylic acids is 1. The van der Waals surface area contributed by atoms with E-state index in [1.54, 1.807) is 0 Å². The molecule has 0 aliphatic carbocycles. The van der Waals surface area contributed by atoms with Gasteiger partial charge in [-0.3, -0.25) is 4.79 Å². The van der Waals surface area contributed by atoms with E-state index in [0.29, 0.717) is 6.61 Å². The van der Waals surface area contributed by atoms with Crippen molar-refractivity contribution in [2.75, 3.05) is 13.2 Å². The lowest BCUT2D eigenvalue weighted by molar-refractivity contribution is -0.122. The molecule has 0 radical (unpaired) electrons. The van der Waals surface area contributed by atoms with Crippen LogP contribution in [0.1, 0.15) is 33.3 Å². The Balaban J connectivity index is 0. The molecule has 17 heavy (non-hydrogen) atoms. The molecule has 1 aromatic carbocycles. The van der Waals surface area contributed by atoms with E-state index < -0.39 is 5.91 Å². The van der Waals surface area contributed by atoms with E-state index in [-0.39, 0.29) is 6.61 Å². The van der Waals surface area contributed by atoms with E-state index in [2.05, 4.69) is 0 Å². The number of benzene rings is 1. The van der Waals surface area contributed by atoms with Gasteiger partial charge >= 0.3 is 0 Å². The van der Waals surface area contributed by atoms with Gasteiger partial charge in [0.2, 0.25) is 5.91 Å². The molecule has 2 N–H and O–H groups in total. The normalized spacial score (nSPS) is 8.24. The Kier molecular flexibility index (Phi) is 15.5. The molecule has 0 unspecified atom stereocenters. The maximum atomic E-state index is 10.3. The number of hydrogen-bond acceptors (Lipinski definition) is 2. The molecule has 0 fully saturated rings. The Morgan fingerprint density at radius 2 is 1.65 bits per heavy atom. The molecule has 0 heterocycles. The minimum atomic E-state index is -0.423. The average Bonchev–Trinajstić information content (AvgIpc) is 2.40. The summed E-state index contributed by atoms with van der Waals surface area (Å²) >= 11 is 0. The first-order valence-electron chi connectivity index (χ1n) is 6.19. The summed E-state index contributed by atoms with van der Waals surface area (Å²) < 4.78 is 5.02. The van der Waals surface area contributed by atoms with Gasteiger partial charge in [0.05, 0.1) is 6.61 Å². The second-order valence-corrected chi connectivity index (χ2v) is 2.75. The minimum absolute atomic E-state index is 0.00678. The third-order valence-corrected chi connectivity index (χ3v) is 1.62. The van der Waals surface area contributed by atoms with Crippen LogP contribution in [-0.4, -0.2) is 19.1 Å². The van der Waals surface area contributed by atoms with Crippen molar-refractivity contribution in [1.82, 2.24) is 0 Å². The van der Waals surface area contributed by atoms with Gasteiger partial charge < -0.3 is 10.5 Å². The van der Waals surface area contributed by atoms with E-state index in [4.69, 9.17) is 10.5 Å². The van der Waals surface area contributed by atoms with E-state index >= 15 is 0 Å². The van der Waals surface area contributed by atoms with Gasteiger partial charge in [-0.05, 0) is 12.0 Å². The predicted molar refractivity (Wildman–Crippen MR) is 72.9 cm³/mol. The lowest BCUT2D eigenvalue weighted by Gasteiger charge is -2.01. The second kappa shape index (κ2) is 14.6. The highest BCUT2D eigenvalue weighted by atomic mass is 16.5. The molecule has 0 atom stereocenters. The number of ether oxygens (including phenoxy) is 1. The number of nitrogens with two attached hydrogens (primary N) is 1. The highest BCUT2D eigenvalue weighted by molar-refractivity contribution is 5.74. The van der Waals surface area contributed by atoms with E-state index in [1.165, 1.54) is 5.56 Å². The zero-order valence-electron chi connectivity index (χ0n) is 11.4. The molecule has 0 saturated heterocycles. The standard InChI is InChI=1S/C10H13NO2.2C2H6/c11-10(12)8-13-7-6-9-4-2-1-3-5-9;2*1-2/h1-5H,6-8H2,(H2,11,12);2*1-2H3. The first-order chi connectivity index (χ1) is 8.29. The highest BCUT2D eigenvalue weighted by Crippen LogP contribution is 1.99. The van der Waals surface area contributed by atoms with Crippen LogP contribution in [0.4, 0.5) is 0 Å². The smallest absolute Gasteiger partial charge is 0.243 e. The maximum Gasteiger partial charge on any atom is 0.243 e. The second-order valence-electron chi connectivity index (χ2n) is 2.75. The Morgan fingerprint density at radius 1 is 1.12 bits per heavy atom. The Bertz CT molecular complexity index is 260. The molecule has 0 spiro atoms. The van der Waals surface area contributed by atoms with E-state index in [9.17, 15) is 4.79 Å². The fourth-order valence-corrected chi connectivity index (χ4v) is 1.01. The molecular formula is C14H25NO2. The van der Waals surface area contributed by atoms with E-state index in [0.717, 1.165) is 6.42 Å². The van der Waals surface area contributed by atoms with Gasteiger partial charge in [0.15, 0.2) is 0 Å². The summed E-state index contributed by atoms with van der Waals surface area (Å²) in [5, 5.41) is 0. The predicted octanol–water partition coefficient (Wildman–Crippen LogP) is 2.78. The average molecular weight is 239 g/mol. The van der Waals surface area contributed by atoms with Gasteiger partial charge in [-0.15, -0.1) is 0 Å². The summed E-state index contributed by atoms with van der Waals surface area (Å²) in [5.41, 5.74) is 6.11. The molecule has 98 valence electrons. The molecule has 1 aromatic rings. The number of amides is 1. The first-order valence-corrected chi connectivity index (χ1v) is 6.19. The molecule has 0 bridgehead atoms. The highest BCUT2D eigenvalue weighted by Gasteiger charge is 1.94. The van der Waals surface area contributed by atoms with Crippen molar-refractivity contribution in [3.63, 3.8) is 0 Å². The van der Waals surface area contributed by atoms with Gasteiger partial charge in [0, 0.05) is 0 Å². The van der Waals surface area contributed by atoms with Crippen LogP contribution in [0.2, 0.25) is 0 Å². The number of primary amides is 1. The summed E-state index contributed by atoms with van der Waals surface area (Å²) in [5.74, 6) is -0.423. The van der Waals surface area contributed by atoms with Crippen LogP contribution in [0.3, 0.4) is 0 Å². The first kappa shape index (κ1) is 18.0. The third kappa shape index (κ3) is 12.6. The van der Waals surface area contributed by atoms with Crippen molar-refractivity contribution in [2.45, 2.75) is 34.1 Å². The molecule has 3 heteroatoms. The number of rotatable bonds is 5. The van der Waals surface area contributed by atoms with E-state index in [1.807, 2.05) is 58.0 Å². The summed E-state index contributed by atoms with van der Waals surface area (Å²) in [6.45, 7) is 8.54. The molecule has 0 aliphatic heterocycles. The van der Waals surface area contributed by atoms with Crippen LogP contribution in [0.5, 0.6) is 0 Å². The Hall–Kier alpha value is -1.35. The molecule has 0 saturated carbocycles. The molecule has 1 amide bonds. The molecular weight excluding hydrogens is 214 g/mol. The zero-order valence-corrected chi connectivity index (χ0v) is 11.4. The third-order valence-electron chi connectivity index (χ3n) is 1.62. The summed E-state index contributed by atoms with van der Waals surface area (Å²) in [6.07, 6.45) is 0.814. The summed E-state index contributed by atoms with van der Waals surface area (Å²) in [4.78, 5) is 10.3. The van der Waals surface area contributed by atoms with Crippen LogP contribution < -0.4 is 5.73 Å². The zero-order chi connectivity index (χ0) is 13.5. The van der Waals surface area contributed by atoms with Crippen LogP contribution in [0, 0.1) is 0 Å². The maximum absolute atomic E-state index is 10.3. The van der Waals surface area contributed by atoms with Crippen molar-refractivity contribution < 1.29 is 9.53 Å². The lowest BCUT2D eigenvalue weighted by Crippen LogP contribution is -2.18. The van der Waals surface area contributed by atoms with Gasteiger partial charge in [0.1, 0.15) is 6.61 Å². The van der Waals surface area contributed by atoms with Crippen molar-refractivity contribution in [3.8, 4) is 0 Å². The SMILES string of the molecule is CC.CC.NC(=O)COCCc1ccccc1. The molecule has 0 aromatic heterocycles. The van der Waals surface area contributed by atoms with Crippen molar-refractivity contribution in [3.05, 3.63) is 35.9 Å². The Labute approximate surface area is 105 Å². The fourth-order valence-electron chi connectivity index (χ4n) is 1.01. The van der Waals surface area contributed by atoms with Crippen LogP contribution in [-0.2, 0) is 16.0 Å². The number of carbonyl (C=O) groups is 1. The van der Waals surface area contributed by atoms with Crippen molar-refractivity contribution in [1.29, 1.82) is 0 Å². The van der Waals surface area contributed by atoms with Gasteiger partial charge in [0.25, 0.3) is 0 Å². The Morgan fingerprint density at radius 3 is 2.12 bits per heavy atom. The van der Waals surface area contributed by atoms with Gasteiger partial charge in [-0.2, -0.15) is 0 Å². The fraction of sp³-hybridized carbons (Fsp3) is 0.500. The van der Waals surface area contributed by atoms with Crippen LogP contribution in [0.25, 0.3) is 0 Å². The number of hydrogen-bond donors (Lipinski definition) is 1. The van der Waals surface area contributed by atoms with Gasteiger partial charge in [-0.25, -0.2) is 0 Å². The largest absolute Gasteiger partial charge is 0.371 e. The van der Waals surface area contributed by atoms with Crippen molar-refractivity contribution in [2.24, 2.45) is 5.73 Å². The topological polar surface area (TPSA) is 52.3 Å². The molecule has 3 nitrogen and oxygen atoms in total. The van der Waals surface area contributed by atoms with Crippen LogP contribution >= 0.6 is 0 Å². The quantitative estimate of drug-likeness (QED) is 0.803. The minimum Gasteiger partial charge on any atom is -0.371 e. The van der Waals surface area contributed by atoms with Gasteiger partial charge in [-0.1, -0.05) is 58.0 Å². The molecule has 0 aliphatic rings. The summed E-state index contributed by atoms with van der Waals surface area (Å²) in [7, 11) is 0. The lowest BCUT2D eigenvalue weighted by atomic mass is 10.2. The monoisotopic (exact) mass is 239 g/mol. The molecule has 1 rings (SSSR count). The van der Waals surface area contributed by atoms with Crippen LogP contribution in [0.15, 0.2) is 30.3 Å².